The van der Waals surface area contributed by atoms with Crippen LogP contribution in [0.1, 0.15) is 36.2 Å². The Morgan fingerprint density at radius 2 is 1.75 bits per heavy atom. The van der Waals surface area contributed by atoms with Gasteiger partial charge in [-0.2, -0.15) is 0 Å². The third kappa shape index (κ3) is 7.02. The van der Waals surface area contributed by atoms with E-state index in [4.69, 9.17) is 0 Å². The molecule has 0 aliphatic carbocycles. The number of nitrogens with one attached hydrogen (secondary N) is 2. The molecule has 0 radical (unpaired) electrons. The van der Waals surface area contributed by atoms with Crippen molar-refractivity contribution >= 4 is 45.5 Å². The van der Waals surface area contributed by atoms with Gasteiger partial charge < -0.3 is 15.7 Å². The molecule has 2 aromatic rings. The third-order valence-corrected chi connectivity index (χ3v) is 5.03. The summed E-state index contributed by atoms with van der Waals surface area (Å²) in [5, 5.41) is 25.2. The van der Waals surface area contributed by atoms with Gasteiger partial charge in [0.25, 0.3) is 17.5 Å². The molecule has 32 heavy (non-hydrogen) atoms. The predicted molar refractivity (Wildman–Crippen MR) is 122 cm³/mol. The van der Waals surface area contributed by atoms with E-state index in [2.05, 4.69) is 26.6 Å². The lowest BCUT2D eigenvalue weighted by Gasteiger charge is -2.18. The van der Waals surface area contributed by atoms with Gasteiger partial charge in [-0.1, -0.05) is 26.0 Å². The lowest BCUT2D eigenvalue weighted by molar-refractivity contribution is -0.384. The highest BCUT2D eigenvalue weighted by Crippen LogP contribution is 2.18. The van der Waals surface area contributed by atoms with Crippen molar-refractivity contribution < 1.29 is 24.4 Å². The number of carboxylic acid groups (broad SMARTS) is 1. The summed E-state index contributed by atoms with van der Waals surface area (Å²) in [7, 11) is 0. The van der Waals surface area contributed by atoms with E-state index in [0.29, 0.717) is 10.0 Å². The Morgan fingerprint density at radius 3 is 2.28 bits per heavy atom. The van der Waals surface area contributed by atoms with Crippen molar-refractivity contribution in [2.45, 2.75) is 26.3 Å². The number of carbonyl (C=O) groups excluding carboxylic acids is 2. The number of non-ortho nitro benzene ring substituents is 1. The summed E-state index contributed by atoms with van der Waals surface area (Å²) < 4.78 is 0.510. The molecule has 3 N–H and O–H groups in total. The summed E-state index contributed by atoms with van der Waals surface area (Å²) in [5.41, 5.74) is 0.346. The summed E-state index contributed by atoms with van der Waals surface area (Å²) >= 11 is 3.28. The predicted octanol–water partition coefficient (Wildman–Crippen LogP) is 3.74. The Balaban J connectivity index is 2.37. The Bertz CT molecular complexity index is 1050. The topological polar surface area (TPSA) is 139 Å². The van der Waals surface area contributed by atoms with Gasteiger partial charge in [0, 0.05) is 16.6 Å². The summed E-state index contributed by atoms with van der Waals surface area (Å²) in [6, 6.07) is 10.8. The van der Waals surface area contributed by atoms with Gasteiger partial charge in [0.15, 0.2) is 0 Å². The van der Waals surface area contributed by atoms with Crippen LogP contribution in [0.4, 0.5) is 5.69 Å². The molecule has 168 valence electrons. The summed E-state index contributed by atoms with van der Waals surface area (Å²) in [6.45, 7) is 3.65. The maximum atomic E-state index is 12.9. The van der Waals surface area contributed by atoms with Gasteiger partial charge in [0.1, 0.15) is 11.7 Å². The zero-order chi connectivity index (χ0) is 23.8. The Morgan fingerprint density at radius 1 is 1.12 bits per heavy atom. The lowest BCUT2D eigenvalue weighted by atomic mass is 10.0. The molecule has 0 aliphatic rings. The number of aliphatic carboxylic acids is 1. The van der Waals surface area contributed by atoms with Crippen LogP contribution in [0.5, 0.6) is 0 Å². The number of carbonyl (C=O) groups is 3. The molecule has 0 aliphatic heterocycles. The van der Waals surface area contributed by atoms with E-state index in [1.54, 1.807) is 24.3 Å². The first-order valence-corrected chi connectivity index (χ1v) is 10.4. The van der Waals surface area contributed by atoms with Crippen LogP contribution < -0.4 is 10.6 Å². The first-order chi connectivity index (χ1) is 15.1. The first kappa shape index (κ1) is 24.7. The first-order valence-electron chi connectivity index (χ1n) is 9.64. The number of hydrogen-bond acceptors (Lipinski definition) is 5. The van der Waals surface area contributed by atoms with Crippen molar-refractivity contribution in [1.29, 1.82) is 0 Å². The second kappa shape index (κ2) is 11.2. The number of nitrogens with zero attached hydrogens (tertiary/aromatic N) is 1. The van der Waals surface area contributed by atoms with Gasteiger partial charge in [-0.3, -0.25) is 19.7 Å². The molecule has 0 aromatic heterocycles. The standard InChI is InChI=1S/C22H22BrN3O6/c1-13(2)11-19(22(29)30)25-21(28)18(12-14-7-9-15(10-8-14)26(31)32)24-20(27)16-5-3-4-6-17(16)23/h3-10,12-13,19H,11H2,1-2H3,(H,24,27)(H,25,28)(H,29,30)/b18-12-/t19-/m1/s1. The molecule has 2 aromatic carbocycles. The van der Waals surface area contributed by atoms with E-state index in [9.17, 15) is 29.6 Å². The van der Waals surface area contributed by atoms with Crippen molar-refractivity contribution in [1.82, 2.24) is 10.6 Å². The number of rotatable bonds is 9. The summed E-state index contributed by atoms with van der Waals surface area (Å²) in [4.78, 5) is 47.5. The number of nitro groups is 1. The van der Waals surface area contributed by atoms with Crippen molar-refractivity contribution in [2.24, 2.45) is 5.92 Å². The van der Waals surface area contributed by atoms with E-state index in [0.717, 1.165) is 0 Å². The number of hydrogen-bond donors (Lipinski definition) is 3. The zero-order valence-electron chi connectivity index (χ0n) is 17.4. The van der Waals surface area contributed by atoms with Crippen LogP contribution in [0.15, 0.2) is 58.7 Å². The SMILES string of the molecule is CC(C)C[C@@H](NC(=O)/C(=C/c1ccc([N+](=O)[O-])cc1)NC(=O)c1ccccc1Br)C(=O)O. The monoisotopic (exact) mass is 503 g/mol. The van der Waals surface area contributed by atoms with Crippen molar-refractivity contribution in [3.63, 3.8) is 0 Å². The van der Waals surface area contributed by atoms with E-state index in [1.807, 2.05) is 13.8 Å². The van der Waals surface area contributed by atoms with Gasteiger partial charge in [-0.05, 0) is 64.2 Å². The largest absolute Gasteiger partial charge is 0.480 e. The van der Waals surface area contributed by atoms with Crippen LogP contribution in [0.25, 0.3) is 6.08 Å². The number of halogens is 1. The fraction of sp³-hybridized carbons (Fsp3) is 0.227. The molecule has 0 saturated heterocycles. The van der Waals surface area contributed by atoms with Crippen molar-refractivity contribution in [2.75, 3.05) is 0 Å². The maximum Gasteiger partial charge on any atom is 0.326 e. The molecule has 1 atom stereocenters. The average Bonchev–Trinajstić information content (AvgIpc) is 2.72. The molecule has 2 rings (SSSR count). The Kier molecular flexibility index (Phi) is 8.65. The normalized spacial score (nSPS) is 12.2. The van der Waals surface area contributed by atoms with Crippen LogP contribution >= 0.6 is 15.9 Å². The second-order valence-corrected chi connectivity index (χ2v) is 8.19. The van der Waals surface area contributed by atoms with Crippen LogP contribution in [0.3, 0.4) is 0 Å². The highest BCUT2D eigenvalue weighted by Gasteiger charge is 2.24. The summed E-state index contributed by atoms with van der Waals surface area (Å²) in [6.07, 6.45) is 1.52. The van der Waals surface area contributed by atoms with Gasteiger partial charge in [0.2, 0.25) is 0 Å². The Hall–Kier alpha value is -3.53. The lowest BCUT2D eigenvalue weighted by Crippen LogP contribution is -2.45. The van der Waals surface area contributed by atoms with Crippen molar-refractivity contribution in [3.8, 4) is 0 Å². The van der Waals surface area contributed by atoms with Crippen LogP contribution in [0.2, 0.25) is 0 Å². The highest BCUT2D eigenvalue weighted by molar-refractivity contribution is 9.10. The molecular formula is C22H22BrN3O6. The van der Waals surface area contributed by atoms with Gasteiger partial charge >= 0.3 is 5.97 Å². The zero-order valence-corrected chi connectivity index (χ0v) is 19.0. The minimum atomic E-state index is -1.20. The van der Waals surface area contributed by atoms with Gasteiger partial charge in [0.05, 0.1) is 10.5 Å². The van der Waals surface area contributed by atoms with Crippen LogP contribution in [0, 0.1) is 16.0 Å². The fourth-order valence-corrected chi connectivity index (χ4v) is 3.25. The van der Waals surface area contributed by atoms with Gasteiger partial charge in [-0.25, -0.2) is 4.79 Å². The number of carboxylic acids is 1. The molecule has 10 heteroatoms. The third-order valence-electron chi connectivity index (χ3n) is 4.34. The van der Waals surface area contributed by atoms with E-state index < -0.39 is 28.7 Å². The van der Waals surface area contributed by atoms with E-state index >= 15 is 0 Å². The second-order valence-electron chi connectivity index (χ2n) is 7.33. The fourth-order valence-electron chi connectivity index (χ4n) is 2.78. The number of benzene rings is 2. The number of amides is 2. The van der Waals surface area contributed by atoms with Crippen molar-refractivity contribution in [3.05, 3.63) is 79.9 Å². The Labute approximate surface area is 192 Å². The quantitative estimate of drug-likeness (QED) is 0.270. The minimum absolute atomic E-state index is 0.00775. The molecule has 0 heterocycles. The molecular weight excluding hydrogens is 482 g/mol. The molecule has 0 bridgehead atoms. The maximum absolute atomic E-state index is 12.9. The van der Waals surface area contributed by atoms with E-state index in [1.165, 1.54) is 30.3 Å². The molecule has 0 saturated carbocycles. The smallest absolute Gasteiger partial charge is 0.326 e. The number of nitro benzene ring substituents is 1. The molecule has 0 spiro atoms. The van der Waals surface area contributed by atoms with Crippen LogP contribution in [-0.4, -0.2) is 33.9 Å². The average molecular weight is 504 g/mol. The van der Waals surface area contributed by atoms with Gasteiger partial charge in [-0.15, -0.1) is 0 Å². The van der Waals surface area contributed by atoms with E-state index in [-0.39, 0.29) is 29.3 Å². The molecule has 9 nitrogen and oxygen atoms in total. The summed E-state index contributed by atoms with van der Waals surface area (Å²) in [5.74, 6) is -2.57. The highest BCUT2D eigenvalue weighted by atomic mass is 79.9. The minimum Gasteiger partial charge on any atom is -0.480 e. The molecule has 0 fully saturated rings. The molecule has 2 amide bonds. The van der Waals surface area contributed by atoms with Crippen LogP contribution in [-0.2, 0) is 9.59 Å². The molecule has 0 unspecified atom stereocenters.